The third-order valence-corrected chi connectivity index (χ3v) is 3.08. The van der Waals surface area contributed by atoms with Gasteiger partial charge in [0.2, 0.25) is 5.91 Å². The quantitative estimate of drug-likeness (QED) is 0.687. The Morgan fingerprint density at radius 1 is 1.53 bits per heavy atom. The number of carbonyl (C=O) groups excluding carboxylic acids is 1. The number of amides is 1. The third-order valence-electron chi connectivity index (χ3n) is 3.08. The number of rotatable bonds is 5. The van der Waals surface area contributed by atoms with E-state index >= 15 is 0 Å². The van der Waals surface area contributed by atoms with Gasteiger partial charge in [-0.2, -0.15) is 0 Å². The Labute approximate surface area is 91.4 Å². The van der Waals surface area contributed by atoms with Gasteiger partial charge in [0.15, 0.2) is 0 Å². The normalized spacial score (nSPS) is 21.5. The van der Waals surface area contributed by atoms with Gasteiger partial charge in [0.05, 0.1) is 0 Å². The van der Waals surface area contributed by atoms with Crippen LogP contribution in [-0.2, 0) is 4.79 Å². The number of primary amides is 1. The van der Waals surface area contributed by atoms with Crippen molar-refractivity contribution in [2.45, 2.75) is 26.2 Å². The van der Waals surface area contributed by atoms with Gasteiger partial charge < -0.3 is 15.7 Å². The zero-order valence-corrected chi connectivity index (χ0v) is 9.48. The first-order valence-electron chi connectivity index (χ1n) is 5.73. The Bertz CT molecular complexity index is 201. The monoisotopic (exact) mass is 214 g/mol. The summed E-state index contributed by atoms with van der Waals surface area (Å²) in [7, 11) is 0. The lowest BCUT2D eigenvalue weighted by Gasteiger charge is -2.32. The molecule has 1 fully saturated rings. The second kappa shape index (κ2) is 6.08. The van der Waals surface area contributed by atoms with E-state index in [9.17, 15) is 4.79 Å². The molecule has 1 rings (SSSR count). The molecule has 0 aromatic rings. The average Bonchev–Trinajstić information content (AvgIpc) is 2.20. The zero-order chi connectivity index (χ0) is 11.3. The lowest BCUT2D eigenvalue weighted by Crippen LogP contribution is -2.38. The average molecular weight is 214 g/mol. The molecule has 0 aliphatic carbocycles. The highest BCUT2D eigenvalue weighted by Crippen LogP contribution is 2.20. The third kappa shape index (κ3) is 4.62. The van der Waals surface area contributed by atoms with Crippen LogP contribution in [0.2, 0.25) is 0 Å². The Morgan fingerprint density at radius 3 is 2.60 bits per heavy atom. The number of likely N-dealkylation sites (tertiary alicyclic amines) is 1. The molecule has 0 aromatic heterocycles. The first-order valence-corrected chi connectivity index (χ1v) is 5.73. The summed E-state index contributed by atoms with van der Waals surface area (Å²) in [5, 5.41) is 8.95. The molecule has 0 radical (unpaired) electrons. The Hall–Kier alpha value is -0.610. The van der Waals surface area contributed by atoms with Gasteiger partial charge in [-0.15, -0.1) is 0 Å². The SMILES string of the molecule is CC(CO)CN1CCC(CC(N)=O)CC1. The molecule has 4 nitrogen and oxygen atoms in total. The van der Waals surface area contributed by atoms with Crippen molar-refractivity contribution in [2.24, 2.45) is 17.6 Å². The van der Waals surface area contributed by atoms with Crippen LogP contribution in [0.4, 0.5) is 0 Å². The van der Waals surface area contributed by atoms with Crippen LogP contribution < -0.4 is 5.73 Å². The molecule has 0 saturated carbocycles. The molecule has 1 aliphatic heterocycles. The summed E-state index contributed by atoms with van der Waals surface area (Å²) < 4.78 is 0. The first kappa shape index (κ1) is 12.5. The van der Waals surface area contributed by atoms with Gasteiger partial charge in [-0.25, -0.2) is 0 Å². The smallest absolute Gasteiger partial charge is 0.217 e. The predicted octanol–water partition coefficient (Wildman–Crippen LogP) is 0.202. The summed E-state index contributed by atoms with van der Waals surface area (Å²) in [6, 6.07) is 0. The molecule has 1 saturated heterocycles. The lowest BCUT2D eigenvalue weighted by atomic mass is 9.93. The molecular formula is C11H22N2O2. The van der Waals surface area contributed by atoms with E-state index in [2.05, 4.69) is 11.8 Å². The van der Waals surface area contributed by atoms with Gasteiger partial charge in [-0.05, 0) is 37.8 Å². The summed E-state index contributed by atoms with van der Waals surface area (Å²) in [6.07, 6.45) is 2.64. The van der Waals surface area contributed by atoms with Crippen LogP contribution in [0.5, 0.6) is 0 Å². The molecule has 1 aliphatic rings. The highest BCUT2D eigenvalue weighted by atomic mass is 16.3. The maximum absolute atomic E-state index is 10.7. The standard InChI is InChI=1S/C11H22N2O2/c1-9(8-14)7-13-4-2-10(3-5-13)6-11(12)15/h9-10,14H,2-8H2,1H3,(H2,12,15). The first-order chi connectivity index (χ1) is 7.11. The molecule has 0 spiro atoms. The fourth-order valence-electron chi connectivity index (χ4n) is 2.16. The van der Waals surface area contributed by atoms with Crippen molar-refractivity contribution < 1.29 is 9.90 Å². The van der Waals surface area contributed by atoms with Crippen molar-refractivity contribution in [3.63, 3.8) is 0 Å². The molecule has 1 unspecified atom stereocenters. The van der Waals surface area contributed by atoms with Gasteiger partial charge in [-0.3, -0.25) is 4.79 Å². The van der Waals surface area contributed by atoms with E-state index in [0.29, 0.717) is 18.3 Å². The van der Waals surface area contributed by atoms with Gasteiger partial charge >= 0.3 is 0 Å². The van der Waals surface area contributed by atoms with Gasteiger partial charge in [0.25, 0.3) is 0 Å². The van der Waals surface area contributed by atoms with Crippen LogP contribution in [-0.4, -0.2) is 42.2 Å². The molecule has 0 aromatic carbocycles. The van der Waals surface area contributed by atoms with E-state index in [1.807, 2.05) is 0 Å². The molecule has 15 heavy (non-hydrogen) atoms. The molecule has 3 N–H and O–H groups in total. The van der Waals surface area contributed by atoms with Crippen LogP contribution in [0.15, 0.2) is 0 Å². The van der Waals surface area contributed by atoms with E-state index in [1.54, 1.807) is 0 Å². The topological polar surface area (TPSA) is 66.6 Å². The van der Waals surface area contributed by atoms with Crippen LogP contribution in [0.3, 0.4) is 0 Å². The highest BCUT2D eigenvalue weighted by Gasteiger charge is 2.21. The minimum Gasteiger partial charge on any atom is -0.396 e. The number of aliphatic hydroxyl groups excluding tert-OH is 1. The maximum Gasteiger partial charge on any atom is 0.217 e. The maximum atomic E-state index is 10.7. The summed E-state index contributed by atoms with van der Waals surface area (Å²) >= 11 is 0. The van der Waals surface area contributed by atoms with Crippen molar-refractivity contribution in [3.8, 4) is 0 Å². The fourth-order valence-corrected chi connectivity index (χ4v) is 2.16. The molecule has 4 heteroatoms. The highest BCUT2D eigenvalue weighted by molar-refractivity contribution is 5.73. The number of carbonyl (C=O) groups is 1. The van der Waals surface area contributed by atoms with Crippen LogP contribution in [0.25, 0.3) is 0 Å². The number of aliphatic hydroxyl groups is 1. The molecule has 0 bridgehead atoms. The number of piperidine rings is 1. The minimum absolute atomic E-state index is 0.183. The molecular weight excluding hydrogens is 192 g/mol. The molecule has 1 atom stereocenters. The minimum atomic E-state index is -0.183. The number of nitrogens with two attached hydrogens (primary N) is 1. The predicted molar refractivity (Wildman–Crippen MR) is 59.2 cm³/mol. The summed E-state index contributed by atoms with van der Waals surface area (Å²) in [5.74, 6) is 0.637. The lowest BCUT2D eigenvalue weighted by molar-refractivity contribution is -0.119. The number of hydrogen-bond acceptors (Lipinski definition) is 3. The van der Waals surface area contributed by atoms with Crippen molar-refractivity contribution in [2.75, 3.05) is 26.2 Å². The molecule has 88 valence electrons. The van der Waals surface area contributed by atoms with E-state index in [4.69, 9.17) is 10.8 Å². The van der Waals surface area contributed by atoms with E-state index < -0.39 is 0 Å². The zero-order valence-electron chi connectivity index (χ0n) is 9.48. The van der Waals surface area contributed by atoms with Gasteiger partial charge in [0.1, 0.15) is 0 Å². The Kier molecular flexibility index (Phi) is 5.05. The fraction of sp³-hybridized carbons (Fsp3) is 0.909. The van der Waals surface area contributed by atoms with Crippen molar-refractivity contribution >= 4 is 5.91 Å². The van der Waals surface area contributed by atoms with E-state index in [0.717, 1.165) is 32.5 Å². The van der Waals surface area contributed by atoms with Crippen molar-refractivity contribution in [1.29, 1.82) is 0 Å². The summed E-state index contributed by atoms with van der Waals surface area (Å²) in [4.78, 5) is 13.1. The van der Waals surface area contributed by atoms with Crippen molar-refractivity contribution in [1.82, 2.24) is 4.90 Å². The van der Waals surface area contributed by atoms with Crippen LogP contribution in [0, 0.1) is 11.8 Å². The number of nitrogens with zero attached hydrogens (tertiary/aromatic N) is 1. The largest absolute Gasteiger partial charge is 0.396 e. The van der Waals surface area contributed by atoms with Crippen LogP contribution >= 0.6 is 0 Å². The van der Waals surface area contributed by atoms with Gasteiger partial charge in [0, 0.05) is 19.6 Å². The van der Waals surface area contributed by atoms with Crippen LogP contribution in [0.1, 0.15) is 26.2 Å². The Morgan fingerprint density at radius 2 is 2.13 bits per heavy atom. The second-order valence-electron chi connectivity index (χ2n) is 4.70. The number of hydrogen-bond donors (Lipinski definition) is 2. The van der Waals surface area contributed by atoms with E-state index in [-0.39, 0.29) is 12.5 Å². The molecule has 1 amide bonds. The Balaban J connectivity index is 2.20. The van der Waals surface area contributed by atoms with Crippen molar-refractivity contribution in [3.05, 3.63) is 0 Å². The summed E-state index contributed by atoms with van der Waals surface area (Å²) in [6.45, 7) is 5.32. The second-order valence-corrected chi connectivity index (χ2v) is 4.70. The molecule has 1 heterocycles. The van der Waals surface area contributed by atoms with E-state index in [1.165, 1.54) is 0 Å². The van der Waals surface area contributed by atoms with Gasteiger partial charge in [-0.1, -0.05) is 6.92 Å². The summed E-state index contributed by atoms with van der Waals surface area (Å²) in [5.41, 5.74) is 5.17.